The molecule has 1 heterocycles. The van der Waals surface area contributed by atoms with Crippen LogP contribution in [0.5, 0.6) is 0 Å². The summed E-state index contributed by atoms with van der Waals surface area (Å²) in [5, 5.41) is 7.67. The lowest BCUT2D eigenvalue weighted by molar-refractivity contribution is 0.660. The lowest BCUT2D eigenvalue weighted by Crippen LogP contribution is -2.16. The van der Waals surface area contributed by atoms with Crippen LogP contribution in [0.25, 0.3) is 82.4 Å². The first kappa shape index (κ1) is 36.2. The number of aromatic nitrogens is 1. The molecule has 0 amide bonds. The molecule has 62 heavy (non-hydrogen) atoms. The normalized spacial score (nSPS) is 12.9. The summed E-state index contributed by atoms with van der Waals surface area (Å²) in [7, 11) is 0. The Bertz CT molecular complexity index is 3490. The van der Waals surface area contributed by atoms with Crippen molar-refractivity contribution in [2.45, 2.75) is 26.2 Å². The van der Waals surface area contributed by atoms with E-state index in [1.165, 1.54) is 93.4 Å². The van der Waals surface area contributed by atoms with Gasteiger partial charge in [-0.3, -0.25) is 0 Å². The fourth-order valence-electron chi connectivity index (χ4n) is 10.5. The minimum absolute atomic E-state index is 0.231. The first-order valence-corrected chi connectivity index (χ1v) is 21.7. The van der Waals surface area contributed by atoms with E-state index >= 15 is 0 Å². The number of nitrogens with zero attached hydrogens (tertiary/aromatic N) is 2. The summed E-state index contributed by atoms with van der Waals surface area (Å²) in [5.74, 6) is 0. The molecule has 0 saturated carbocycles. The zero-order valence-corrected chi connectivity index (χ0v) is 35.1. The maximum Gasteiger partial charge on any atom is 0.0541 e. The van der Waals surface area contributed by atoms with Crippen LogP contribution in [-0.4, -0.2) is 4.57 Å². The topological polar surface area (TPSA) is 8.17 Å². The van der Waals surface area contributed by atoms with Gasteiger partial charge in [-0.05, 0) is 140 Å². The van der Waals surface area contributed by atoms with E-state index in [-0.39, 0.29) is 5.41 Å². The molecule has 0 bridgehead atoms. The van der Waals surface area contributed by atoms with Crippen molar-refractivity contribution in [2.24, 2.45) is 0 Å². The van der Waals surface area contributed by atoms with Crippen molar-refractivity contribution in [2.75, 3.05) is 4.90 Å². The predicted octanol–water partition coefficient (Wildman–Crippen LogP) is 16.5. The highest BCUT2D eigenvalue weighted by Crippen LogP contribution is 2.53. The van der Waals surface area contributed by atoms with Crippen molar-refractivity contribution in [1.29, 1.82) is 0 Å². The molecule has 0 N–H and O–H groups in total. The number of rotatable bonds is 6. The maximum atomic E-state index is 2.49. The lowest BCUT2D eigenvalue weighted by Gasteiger charge is -2.28. The van der Waals surface area contributed by atoms with E-state index in [9.17, 15) is 0 Å². The molecule has 2 nitrogen and oxygen atoms in total. The highest BCUT2D eigenvalue weighted by molar-refractivity contribution is 6.21. The van der Waals surface area contributed by atoms with E-state index in [0.29, 0.717) is 0 Å². The molecule has 10 aromatic carbocycles. The van der Waals surface area contributed by atoms with Gasteiger partial charge in [-0.15, -0.1) is 0 Å². The Balaban J connectivity index is 0.974. The molecule has 294 valence electrons. The molecule has 0 aliphatic heterocycles. The monoisotopic (exact) mass is 792 g/mol. The quantitative estimate of drug-likeness (QED) is 0.152. The van der Waals surface area contributed by atoms with Crippen molar-refractivity contribution in [3.8, 4) is 39.1 Å². The van der Waals surface area contributed by atoms with Gasteiger partial charge in [0.25, 0.3) is 0 Å². The SMILES string of the molecule is Cc1ccc2c(-c3ccccc3)c3ccccc3c(-c3ccc4c(c3)C(C)(C)c3cc(N(c5ccccc5)c5ccc(-n6c7ccccc7c7ccccc76)cc5)ccc3-4)c2c1. The molecule has 0 fully saturated rings. The summed E-state index contributed by atoms with van der Waals surface area (Å²) in [6.07, 6.45) is 0. The van der Waals surface area contributed by atoms with E-state index in [1.54, 1.807) is 0 Å². The maximum absolute atomic E-state index is 2.49. The van der Waals surface area contributed by atoms with Crippen LogP contribution >= 0.6 is 0 Å². The zero-order valence-electron chi connectivity index (χ0n) is 35.1. The molecule has 0 radical (unpaired) electrons. The second-order valence-corrected chi connectivity index (χ2v) is 17.4. The van der Waals surface area contributed by atoms with Gasteiger partial charge in [-0.25, -0.2) is 0 Å². The minimum atomic E-state index is -0.231. The molecule has 1 aliphatic rings. The first-order valence-electron chi connectivity index (χ1n) is 21.7. The summed E-state index contributed by atoms with van der Waals surface area (Å²) >= 11 is 0. The molecule has 1 aromatic heterocycles. The number of hydrogen-bond acceptors (Lipinski definition) is 1. The molecule has 2 heteroatoms. The summed E-state index contributed by atoms with van der Waals surface area (Å²) in [6.45, 7) is 7.01. The lowest BCUT2D eigenvalue weighted by atomic mass is 9.80. The molecular weight excluding hydrogens is 749 g/mol. The summed E-state index contributed by atoms with van der Waals surface area (Å²) < 4.78 is 2.38. The van der Waals surface area contributed by atoms with E-state index in [4.69, 9.17) is 0 Å². The van der Waals surface area contributed by atoms with Gasteiger partial charge >= 0.3 is 0 Å². The number of benzene rings is 10. The average Bonchev–Trinajstić information content (AvgIpc) is 3.77. The van der Waals surface area contributed by atoms with Crippen LogP contribution in [0, 0.1) is 6.92 Å². The van der Waals surface area contributed by atoms with Crippen molar-refractivity contribution < 1.29 is 0 Å². The van der Waals surface area contributed by atoms with Crippen LogP contribution in [0.4, 0.5) is 17.1 Å². The van der Waals surface area contributed by atoms with Gasteiger partial charge in [0, 0.05) is 38.9 Å². The van der Waals surface area contributed by atoms with E-state index in [1.807, 2.05) is 0 Å². The van der Waals surface area contributed by atoms with E-state index in [0.717, 1.165) is 22.7 Å². The summed E-state index contributed by atoms with van der Waals surface area (Å²) in [4.78, 5) is 2.40. The van der Waals surface area contributed by atoms with Crippen LogP contribution in [0.1, 0.15) is 30.5 Å². The summed E-state index contributed by atoms with van der Waals surface area (Å²) in [5.41, 5.74) is 18.4. The Morgan fingerprint density at radius 1 is 0.371 bits per heavy atom. The van der Waals surface area contributed by atoms with Gasteiger partial charge in [0.1, 0.15) is 0 Å². The third-order valence-electron chi connectivity index (χ3n) is 13.4. The number of anilines is 3. The standard InChI is InChI=1S/C60H44N2/c1-39-26-33-52-53(36-39)59(51-23-11-10-22-50(51)58(52)40-16-6-4-7-17-40)41-27-34-46-47-35-32-45(38-55(47)60(2,3)54(46)37-41)61(42-18-8-5-9-19-42)43-28-30-44(31-29-43)62-56-24-14-12-20-48(56)49-21-13-15-25-57(49)62/h4-38H,1-3H3. The van der Waals surface area contributed by atoms with Crippen molar-refractivity contribution in [3.05, 3.63) is 229 Å². The van der Waals surface area contributed by atoms with Crippen LogP contribution in [0.15, 0.2) is 212 Å². The number of hydrogen-bond donors (Lipinski definition) is 0. The average molecular weight is 793 g/mol. The Hall–Kier alpha value is -7.68. The minimum Gasteiger partial charge on any atom is -0.310 e. The van der Waals surface area contributed by atoms with Crippen LogP contribution in [0.3, 0.4) is 0 Å². The van der Waals surface area contributed by atoms with Crippen molar-refractivity contribution >= 4 is 60.4 Å². The fraction of sp³-hybridized carbons (Fsp3) is 0.0667. The van der Waals surface area contributed by atoms with Crippen molar-refractivity contribution in [3.63, 3.8) is 0 Å². The highest BCUT2D eigenvalue weighted by atomic mass is 15.1. The molecule has 12 rings (SSSR count). The van der Waals surface area contributed by atoms with Crippen LogP contribution in [-0.2, 0) is 5.41 Å². The van der Waals surface area contributed by atoms with Gasteiger partial charge in [-0.1, -0.05) is 165 Å². The molecule has 0 spiro atoms. The first-order chi connectivity index (χ1) is 30.4. The van der Waals surface area contributed by atoms with Gasteiger partial charge in [0.05, 0.1) is 11.0 Å². The third kappa shape index (κ3) is 5.50. The molecular formula is C60H44N2. The second kappa shape index (κ2) is 13.9. The molecule has 1 aliphatic carbocycles. The van der Waals surface area contributed by atoms with Crippen LogP contribution < -0.4 is 4.90 Å². The largest absolute Gasteiger partial charge is 0.310 e. The Labute approximate surface area is 362 Å². The molecule has 0 atom stereocenters. The van der Waals surface area contributed by atoms with Crippen molar-refractivity contribution in [1.82, 2.24) is 4.57 Å². The zero-order chi connectivity index (χ0) is 41.5. The van der Waals surface area contributed by atoms with Gasteiger partial charge < -0.3 is 9.47 Å². The van der Waals surface area contributed by atoms with Gasteiger partial charge in [0.15, 0.2) is 0 Å². The number of aryl methyl sites for hydroxylation is 1. The van der Waals surface area contributed by atoms with Gasteiger partial charge in [-0.2, -0.15) is 0 Å². The molecule has 0 unspecified atom stereocenters. The molecule has 11 aromatic rings. The smallest absolute Gasteiger partial charge is 0.0541 e. The van der Waals surface area contributed by atoms with E-state index < -0.39 is 0 Å². The van der Waals surface area contributed by atoms with Gasteiger partial charge in [0.2, 0.25) is 0 Å². The Kier molecular flexibility index (Phi) is 8.14. The van der Waals surface area contributed by atoms with Crippen LogP contribution in [0.2, 0.25) is 0 Å². The third-order valence-corrected chi connectivity index (χ3v) is 13.4. The summed E-state index contributed by atoms with van der Waals surface area (Å²) in [6, 6.07) is 78.4. The number of para-hydroxylation sites is 3. The molecule has 0 saturated heterocycles. The fourth-order valence-corrected chi connectivity index (χ4v) is 10.5. The highest BCUT2D eigenvalue weighted by Gasteiger charge is 2.36. The second-order valence-electron chi connectivity index (χ2n) is 17.4. The Morgan fingerprint density at radius 3 is 1.53 bits per heavy atom. The Morgan fingerprint density at radius 2 is 0.871 bits per heavy atom. The number of fused-ring (bicyclic) bond motifs is 8. The predicted molar refractivity (Wildman–Crippen MR) is 264 cm³/mol. The van der Waals surface area contributed by atoms with E-state index in [2.05, 4.69) is 243 Å².